The van der Waals surface area contributed by atoms with Crippen LogP contribution in [0.1, 0.15) is 60.7 Å². The molecule has 168 valence electrons. The number of aromatic nitrogens is 4. The van der Waals surface area contributed by atoms with Gasteiger partial charge in [-0.05, 0) is 60.7 Å². The third-order valence-electron chi connectivity index (χ3n) is 6.74. The Morgan fingerprint density at radius 3 is 2.59 bits per heavy atom. The quantitative estimate of drug-likeness (QED) is 0.544. The van der Waals surface area contributed by atoms with Crippen LogP contribution in [0.25, 0.3) is 0 Å². The first-order valence-corrected chi connectivity index (χ1v) is 12.3. The van der Waals surface area contributed by atoms with E-state index in [4.69, 9.17) is 0 Å². The molecule has 0 saturated carbocycles. The summed E-state index contributed by atoms with van der Waals surface area (Å²) in [6.45, 7) is 4.63. The van der Waals surface area contributed by atoms with E-state index in [1.165, 1.54) is 5.56 Å². The first-order valence-electron chi connectivity index (χ1n) is 11.4. The van der Waals surface area contributed by atoms with E-state index in [9.17, 15) is 0 Å². The van der Waals surface area contributed by atoms with Crippen molar-refractivity contribution in [2.24, 2.45) is 0 Å². The summed E-state index contributed by atoms with van der Waals surface area (Å²) in [7, 11) is 0. The van der Waals surface area contributed by atoms with Gasteiger partial charge in [0.15, 0.2) is 5.82 Å². The van der Waals surface area contributed by atoms with Gasteiger partial charge in [0.25, 0.3) is 0 Å². The number of anilines is 1. The predicted molar refractivity (Wildman–Crippen MR) is 126 cm³/mol. The zero-order valence-corrected chi connectivity index (χ0v) is 19.1. The second-order valence-electron chi connectivity index (χ2n) is 8.83. The van der Waals surface area contributed by atoms with Crippen molar-refractivity contribution in [1.29, 1.82) is 0 Å². The van der Waals surface area contributed by atoms with Crippen LogP contribution in [0.3, 0.4) is 0 Å². The Morgan fingerprint density at radius 2 is 1.88 bits per heavy atom. The molecule has 1 aromatic heterocycles. The van der Waals surface area contributed by atoms with E-state index in [1.807, 2.05) is 18.0 Å². The molecule has 1 N–H and O–H groups in total. The average molecular weight is 453 g/mol. The maximum absolute atomic E-state index is 15.1. The van der Waals surface area contributed by atoms with Gasteiger partial charge in [-0.2, -0.15) is 0 Å². The van der Waals surface area contributed by atoms with Crippen molar-refractivity contribution in [2.75, 3.05) is 18.0 Å². The Labute approximate surface area is 192 Å². The zero-order chi connectivity index (χ0) is 21.9. The highest BCUT2D eigenvalue weighted by molar-refractivity contribution is 7.97. The standard InChI is InChI=1S/C24H29FN6S/c1-17-7-10-23(18-5-3-2-4-6-18)32-31(17)16-20-8-9-21(15-22(20)25)30-13-11-19(12-14-30)24-26-28-29-27-24/h2-6,8-9,15,17,19,23H,7,10-14,16H2,1H3,(H,26,27,28,29)/t17-,23?/m0/s1. The number of nitrogens with one attached hydrogen (secondary N) is 1. The first kappa shape index (κ1) is 21.4. The summed E-state index contributed by atoms with van der Waals surface area (Å²) in [5.41, 5.74) is 3.08. The lowest BCUT2D eigenvalue weighted by atomic mass is 9.95. The lowest BCUT2D eigenvalue weighted by molar-refractivity contribution is 0.317. The van der Waals surface area contributed by atoms with Crippen LogP contribution in [0.4, 0.5) is 10.1 Å². The van der Waals surface area contributed by atoms with Crippen molar-refractivity contribution in [3.8, 4) is 0 Å². The SMILES string of the molecule is C[C@H]1CCC(c2ccccc2)SN1Cc1ccc(N2CCC(c3nnn[nH]3)CC2)cc1F. The number of benzene rings is 2. The van der Waals surface area contributed by atoms with Gasteiger partial charge in [0.1, 0.15) is 5.82 Å². The Kier molecular flexibility index (Phi) is 6.41. The number of piperidine rings is 1. The molecular weight excluding hydrogens is 423 g/mol. The van der Waals surface area contributed by atoms with Crippen molar-refractivity contribution in [1.82, 2.24) is 24.9 Å². The fourth-order valence-corrected chi connectivity index (χ4v) is 6.10. The van der Waals surface area contributed by atoms with Crippen LogP contribution in [0.5, 0.6) is 0 Å². The molecule has 2 fully saturated rings. The first-order chi connectivity index (χ1) is 15.7. The van der Waals surface area contributed by atoms with Crippen molar-refractivity contribution < 1.29 is 4.39 Å². The monoisotopic (exact) mass is 452 g/mol. The molecule has 3 aromatic rings. The molecule has 32 heavy (non-hydrogen) atoms. The molecule has 2 atom stereocenters. The number of hydrogen-bond acceptors (Lipinski definition) is 6. The van der Waals surface area contributed by atoms with Gasteiger partial charge >= 0.3 is 0 Å². The van der Waals surface area contributed by atoms with E-state index in [-0.39, 0.29) is 5.82 Å². The van der Waals surface area contributed by atoms with E-state index in [2.05, 4.69) is 73.2 Å². The van der Waals surface area contributed by atoms with Gasteiger partial charge < -0.3 is 4.90 Å². The van der Waals surface area contributed by atoms with Crippen LogP contribution in [0, 0.1) is 5.82 Å². The molecule has 0 amide bonds. The molecule has 0 aliphatic carbocycles. The van der Waals surface area contributed by atoms with Crippen molar-refractivity contribution in [2.45, 2.75) is 56.4 Å². The fraction of sp³-hybridized carbons (Fsp3) is 0.458. The van der Waals surface area contributed by atoms with Crippen molar-refractivity contribution in [3.63, 3.8) is 0 Å². The third kappa shape index (κ3) is 4.66. The molecule has 1 unspecified atom stereocenters. The number of halogens is 1. The van der Waals surface area contributed by atoms with Crippen LogP contribution >= 0.6 is 11.9 Å². The molecule has 0 bridgehead atoms. The molecule has 0 radical (unpaired) electrons. The number of hydrogen-bond donors (Lipinski definition) is 1. The molecule has 2 aliphatic rings. The van der Waals surface area contributed by atoms with E-state index in [1.54, 1.807) is 6.07 Å². The van der Waals surface area contributed by atoms with Gasteiger partial charge in [0.05, 0.1) is 0 Å². The lowest BCUT2D eigenvalue weighted by Gasteiger charge is -2.37. The van der Waals surface area contributed by atoms with Gasteiger partial charge in [0.2, 0.25) is 0 Å². The number of tetrazole rings is 1. The zero-order valence-electron chi connectivity index (χ0n) is 18.3. The van der Waals surface area contributed by atoms with E-state index >= 15 is 4.39 Å². The molecule has 6 nitrogen and oxygen atoms in total. The van der Waals surface area contributed by atoms with Gasteiger partial charge in [-0.3, -0.25) is 0 Å². The minimum absolute atomic E-state index is 0.112. The van der Waals surface area contributed by atoms with Crippen LogP contribution in [0.15, 0.2) is 48.5 Å². The second-order valence-corrected chi connectivity index (χ2v) is 10.1. The van der Waals surface area contributed by atoms with E-state index < -0.39 is 0 Å². The highest BCUT2D eigenvalue weighted by Gasteiger charge is 2.28. The summed E-state index contributed by atoms with van der Waals surface area (Å²) in [5, 5.41) is 14.7. The lowest BCUT2D eigenvalue weighted by Crippen LogP contribution is -2.33. The number of H-pyrrole nitrogens is 1. The smallest absolute Gasteiger partial charge is 0.151 e. The summed E-state index contributed by atoms with van der Waals surface area (Å²) in [5.74, 6) is 1.09. The molecule has 2 aromatic carbocycles. The Bertz CT molecular complexity index is 1010. The molecule has 0 spiro atoms. The highest BCUT2D eigenvalue weighted by atomic mass is 32.2. The summed E-state index contributed by atoms with van der Waals surface area (Å²) in [6.07, 6.45) is 4.21. The molecular formula is C24H29FN6S. The van der Waals surface area contributed by atoms with Gasteiger partial charge in [-0.25, -0.2) is 13.8 Å². The Morgan fingerprint density at radius 1 is 1.06 bits per heavy atom. The maximum atomic E-state index is 15.1. The molecule has 3 heterocycles. The third-order valence-corrected chi connectivity index (χ3v) is 8.27. The topological polar surface area (TPSA) is 60.9 Å². The summed E-state index contributed by atoms with van der Waals surface area (Å²) in [4.78, 5) is 2.26. The average Bonchev–Trinajstić information content (AvgIpc) is 3.37. The normalized spacial score (nSPS) is 22.9. The highest BCUT2D eigenvalue weighted by Crippen LogP contribution is 2.43. The molecule has 2 saturated heterocycles. The van der Waals surface area contributed by atoms with Gasteiger partial charge in [-0.1, -0.05) is 48.3 Å². The van der Waals surface area contributed by atoms with Crippen LogP contribution in [-0.2, 0) is 6.54 Å². The Hall–Kier alpha value is -2.45. The molecule has 8 heteroatoms. The summed E-state index contributed by atoms with van der Waals surface area (Å²) in [6, 6.07) is 16.8. The minimum atomic E-state index is -0.112. The maximum Gasteiger partial charge on any atom is 0.151 e. The van der Waals surface area contributed by atoms with Gasteiger partial charge in [0, 0.05) is 48.1 Å². The fourth-order valence-electron chi connectivity index (χ4n) is 4.72. The number of aromatic amines is 1. The predicted octanol–water partition coefficient (Wildman–Crippen LogP) is 5.10. The largest absolute Gasteiger partial charge is 0.371 e. The van der Waals surface area contributed by atoms with Gasteiger partial charge in [-0.15, -0.1) is 5.10 Å². The van der Waals surface area contributed by atoms with Crippen molar-refractivity contribution in [3.05, 3.63) is 71.3 Å². The summed E-state index contributed by atoms with van der Waals surface area (Å²) >= 11 is 1.86. The van der Waals surface area contributed by atoms with E-state index in [0.29, 0.717) is 23.8 Å². The van der Waals surface area contributed by atoms with E-state index in [0.717, 1.165) is 55.8 Å². The van der Waals surface area contributed by atoms with Crippen LogP contribution in [-0.4, -0.2) is 44.1 Å². The second kappa shape index (κ2) is 9.58. The number of nitrogens with zero attached hydrogens (tertiary/aromatic N) is 5. The minimum Gasteiger partial charge on any atom is -0.371 e. The number of rotatable bonds is 5. The van der Waals surface area contributed by atoms with Crippen molar-refractivity contribution >= 4 is 17.6 Å². The van der Waals surface area contributed by atoms with Crippen LogP contribution in [0.2, 0.25) is 0 Å². The molecule has 5 rings (SSSR count). The Balaban J connectivity index is 1.22. The summed E-state index contributed by atoms with van der Waals surface area (Å²) < 4.78 is 17.5. The van der Waals surface area contributed by atoms with Crippen LogP contribution < -0.4 is 4.90 Å². The molecule has 2 aliphatic heterocycles.